The summed E-state index contributed by atoms with van der Waals surface area (Å²) in [5.41, 5.74) is 18.7. The lowest BCUT2D eigenvalue weighted by molar-refractivity contribution is 0.992. The van der Waals surface area contributed by atoms with Crippen molar-refractivity contribution in [2.75, 3.05) is 0 Å². The highest BCUT2D eigenvalue weighted by Crippen LogP contribution is 2.47. The molecule has 0 unspecified atom stereocenters. The molecule has 0 aliphatic rings. The molecule has 0 radical (unpaired) electrons. The SMILES string of the molecule is C=C/C=C\c1sc2c(ccc3c2c2cc(-c4cccc(-c5cc(-c6ccccc6)nc(-n6c7cc(-c8ccccc8)ccc7c7c8sc9ccccc9c8ccc76)n5)c4)ccc2n3-c2nccc(-c3cccc(-n4c5ccccc5c5ccccc54)c3)n2)c1C. The Bertz CT molecular complexity index is 5960. The molecule has 11 aromatic carbocycles. The Kier molecular flexibility index (Phi) is 11.9. The first-order valence-corrected chi connectivity index (χ1v) is 31.8. The van der Waals surface area contributed by atoms with Gasteiger partial charge in [-0.05, 0) is 125 Å². The second-order valence-corrected chi connectivity index (χ2v) is 25.1. The fourth-order valence-electron chi connectivity index (χ4n) is 13.7. The second kappa shape index (κ2) is 20.6. The van der Waals surface area contributed by atoms with Gasteiger partial charge in [-0.15, -0.1) is 22.7 Å². The molecule has 0 saturated carbocycles. The Morgan fingerprint density at radius 1 is 0.356 bits per heavy atom. The Labute approximate surface area is 525 Å². The highest BCUT2D eigenvalue weighted by atomic mass is 32.1. The van der Waals surface area contributed by atoms with Gasteiger partial charge >= 0.3 is 0 Å². The quantitative estimate of drug-likeness (QED) is 0.128. The van der Waals surface area contributed by atoms with Crippen LogP contribution >= 0.6 is 22.7 Å². The van der Waals surface area contributed by atoms with Gasteiger partial charge in [-0.3, -0.25) is 9.13 Å². The number of thiophene rings is 2. The van der Waals surface area contributed by atoms with E-state index in [9.17, 15) is 0 Å². The van der Waals surface area contributed by atoms with Crippen molar-refractivity contribution in [3.8, 4) is 73.6 Å². The number of allylic oxidation sites excluding steroid dienone is 2. The van der Waals surface area contributed by atoms with E-state index in [4.69, 9.17) is 19.9 Å². The van der Waals surface area contributed by atoms with E-state index in [0.29, 0.717) is 11.9 Å². The zero-order chi connectivity index (χ0) is 59.6. The summed E-state index contributed by atoms with van der Waals surface area (Å²) in [6.07, 6.45) is 7.93. The summed E-state index contributed by atoms with van der Waals surface area (Å²) >= 11 is 3.67. The summed E-state index contributed by atoms with van der Waals surface area (Å²) in [6, 6.07) is 91.6. The van der Waals surface area contributed by atoms with Crippen molar-refractivity contribution in [2.24, 2.45) is 0 Å². The van der Waals surface area contributed by atoms with E-state index in [1.807, 2.05) is 47.1 Å². The minimum atomic E-state index is 0.602. The van der Waals surface area contributed by atoms with Gasteiger partial charge in [-0.2, -0.15) is 0 Å². The van der Waals surface area contributed by atoms with E-state index in [1.165, 1.54) is 56.9 Å². The van der Waals surface area contributed by atoms with E-state index < -0.39 is 0 Å². The molecule has 9 heteroatoms. The largest absolute Gasteiger partial charge is 0.309 e. The Morgan fingerprint density at radius 3 is 1.69 bits per heavy atom. The molecule has 0 spiro atoms. The number of para-hydroxylation sites is 2. The molecule has 0 atom stereocenters. The topological polar surface area (TPSA) is 66.3 Å². The predicted molar refractivity (Wildman–Crippen MR) is 380 cm³/mol. The predicted octanol–water partition coefficient (Wildman–Crippen LogP) is 22.0. The van der Waals surface area contributed by atoms with Crippen LogP contribution in [0.1, 0.15) is 10.4 Å². The monoisotopic (exact) mass is 1190 g/mol. The summed E-state index contributed by atoms with van der Waals surface area (Å²) in [6.45, 7) is 6.22. The van der Waals surface area contributed by atoms with Crippen molar-refractivity contribution < 1.29 is 0 Å². The molecule has 422 valence electrons. The van der Waals surface area contributed by atoms with Crippen LogP contribution in [0.5, 0.6) is 0 Å². The summed E-state index contributed by atoms with van der Waals surface area (Å²) in [5.74, 6) is 1.21. The van der Waals surface area contributed by atoms with E-state index in [1.54, 1.807) is 0 Å². The molecule has 0 fully saturated rings. The molecule has 0 aliphatic carbocycles. The van der Waals surface area contributed by atoms with Crippen LogP contribution in [0.3, 0.4) is 0 Å². The van der Waals surface area contributed by atoms with Gasteiger partial charge < -0.3 is 4.57 Å². The molecule has 7 heterocycles. The van der Waals surface area contributed by atoms with Crippen molar-refractivity contribution >= 4 is 124 Å². The molecule has 7 aromatic heterocycles. The molecule has 18 aromatic rings. The van der Waals surface area contributed by atoms with Crippen LogP contribution in [0.15, 0.2) is 280 Å². The Hall–Kier alpha value is -11.4. The summed E-state index contributed by atoms with van der Waals surface area (Å²) < 4.78 is 10.6. The minimum absolute atomic E-state index is 0.602. The lowest BCUT2D eigenvalue weighted by Gasteiger charge is -2.13. The lowest BCUT2D eigenvalue weighted by atomic mass is 9.99. The molecule has 0 amide bonds. The first-order chi connectivity index (χ1) is 44.5. The molecular weight excluding hydrogens is 1140 g/mol. The number of fused-ring (bicyclic) bond motifs is 15. The van der Waals surface area contributed by atoms with E-state index >= 15 is 0 Å². The standard InChI is InChI=1S/C81H51N7S2/c1-3-4-32-74-49(2)58-37-40-72-77(78(58)89-74)64-46-53(35-39-70(64)87(72)80-82-43-42-65(83-80)56-25-18-26-57(45-56)86-68-30-14-11-27-59(68)60-28-12-15-31-69(60)86)52-23-17-24-55(44-52)67-48-66(51-21-9-6-10-22-51)84-81(85-67)88-71-41-38-62-61-29-13-16-33-75(61)90-79(62)76(71)63-36-34-54(47-73(63)88)50-19-7-5-8-20-50/h3-48H,1H2,2H3/b32-4-. The van der Waals surface area contributed by atoms with Gasteiger partial charge in [0.1, 0.15) is 0 Å². The van der Waals surface area contributed by atoms with Crippen molar-refractivity contribution in [1.82, 2.24) is 33.6 Å². The van der Waals surface area contributed by atoms with Crippen LogP contribution in [-0.2, 0) is 0 Å². The zero-order valence-corrected chi connectivity index (χ0v) is 50.3. The Balaban J connectivity index is 0.802. The molecule has 0 bridgehead atoms. The number of nitrogens with zero attached hydrogens (tertiary/aromatic N) is 7. The maximum Gasteiger partial charge on any atom is 0.235 e. The third-order valence-corrected chi connectivity index (χ3v) is 20.4. The maximum absolute atomic E-state index is 5.62. The number of benzene rings is 11. The van der Waals surface area contributed by atoms with Crippen molar-refractivity contribution in [3.63, 3.8) is 0 Å². The van der Waals surface area contributed by atoms with Gasteiger partial charge in [0.05, 0.1) is 50.2 Å². The van der Waals surface area contributed by atoms with E-state index in [-0.39, 0.29) is 0 Å². The fraction of sp³-hybridized carbons (Fsp3) is 0.0123. The average Bonchev–Trinajstić information content (AvgIpc) is 1.60. The number of hydrogen-bond acceptors (Lipinski definition) is 6. The molecule has 0 aliphatic heterocycles. The average molecular weight is 1190 g/mol. The van der Waals surface area contributed by atoms with Gasteiger partial charge in [0.25, 0.3) is 0 Å². The first-order valence-electron chi connectivity index (χ1n) is 30.2. The van der Waals surface area contributed by atoms with Crippen LogP contribution in [0.4, 0.5) is 0 Å². The van der Waals surface area contributed by atoms with Crippen LogP contribution in [0.2, 0.25) is 0 Å². The normalized spacial score (nSPS) is 12.1. The smallest absolute Gasteiger partial charge is 0.235 e. The highest BCUT2D eigenvalue weighted by molar-refractivity contribution is 7.26. The maximum atomic E-state index is 5.62. The van der Waals surface area contributed by atoms with Crippen molar-refractivity contribution in [3.05, 3.63) is 290 Å². The van der Waals surface area contributed by atoms with Crippen LogP contribution in [0.25, 0.3) is 175 Å². The summed E-state index contributed by atoms with van der Waals surface area (Å²) in [4.78, 5) is 22.8. The number of rotatable bonds is 10. The minimum Gasteiger partial charge on any atom is -0.309 e. The molecule has 0 saturated heterocycles. The molecule has 90 heavy (non-hydrogen) atoms. The number of hydrogen-bond donors (Lipinski definition) is 0. The Morgan fingerprint density at radius 2 is 0.911 bits per heavy atom. The number of aryl methyl sites for hydroxylation is 1. The van der Waals surface area contributed by atoms with Crippen molar-refractivity contribution in [2.45, 2.75) is 6.92 Å². The lowest BCUT2D eigenvalue weighted by Crippen LogP contribution is -2.04. The molecule has 7 nitrogen and oxygen atoms in total. The third-order valence-electron chi connectivity index (χ3n) is 17.9. The van der Waals surface area contributed by atoms with Gasteiger partial charge in [0.15, 0.2) is 0 Å². The van der Waals surface area contributed by atoms with Crippen molar-refractivity contribution in [1.29, 1.82) is 0 Å². The highest BCUT2D eigenvalue weighted by Gasteiger charge is 2.24. The zero-order valence-electron chi connectivity index (χ0n) is 48.7. The van der Waals surface area contributed by atoms with Crippen LogP contribution in [0, 0.1) is 6.92 Å². The summed E-state index contributed by atoms with van der Waals surface area (Å²) in [7, 11) is 0. The van der Waals surface area contributed by atoms with E-state index in [0.717, 1.165) is 111 Å². The van der Waals surface area contributed by atoms with Crippen LogP contribution in [-0.4, -0.2) is 33.6 Å². The fourth-order valence-corrected chi connectivity index (χ4v) is 16.3. The first kappa shape index (κ1) is 51.8. The number of aromatic nitrogens is 7. The third kappa shape index (κ3) is 8.17. The van der Waals surface area contributed by atoms with Gasteiger partial charge in [0.2, 0.25) is 11.9 Å². The summed E-state index contributed by atoms with van der Waals surface area (Å²) in [5, 5.41) is 10.8. The molecular formula is C81H51N7S2. The molecule has 18 rings (SSSR count). The van der Waals surface area contributed by atoms with Gasteiger partial charge in [-0.1, -0.05) is 195 Å². The van der Waals surface area contributed by atoms with Crippen LogP contribution < -0.4 is 0 Å². The van der Waals surface area contributed by atoms with E-state index in [2.05, 4.69) is 282 Å². The van der Waals surface area contributed by atoms with Gasteiger partial charge in [-0.25, -0.2) is 19.9 Å². The van der Waals surface area contributed by atoms with Gasteiger partial charge in [0, 0.05) is 90.6 Å². The molecule has 0 N–H and O–H groups in total. The second-order valence-electron chi connectivity index (χ2n) is 23.0.